The van der Waals surface area contributed by atoms with Crippen LogP contribution in [0.4, 0.5) is 5.69 Å². The van der Waals surface area contributed by atoms with Gasteiger partial charge in [0.1, 0.15) is 0 Å². The molecule has 1 aliphatic rings. The number of nitrogens with one attached hydrogen (secondary N) is 1. The van der Waals surface area contributed by atoms with Gasteiger partial charge in [0.15, 0.2) is 0 Å². The monoisotopic (exact) mass is 358 g/mol. The second-order valence-electron chi connectivity index (χ2n) is 4.98. The molecule has 1 aromatic carbocycles. The van der Waals surface area contributed by atoms with E-state index in [2.05, 4.69) is 34.0 Å². The molecule has 2 atom stereocenters. The predicted octanol–water partition coefficient (Wildman–Crippen LogP) is 2.91. The van der Waals surface area contributed by atoms with Crippen molar-refractivity contribution in [1.29, 1.82) is 0 Å². The summed E-state index contributed by atoms with van der Waals surface area (Å²) in [6.45, 7) is 2.64. The van der Waals surface area contributed by atoms with E-state index in [0.717, 1.165) is 30.5 Å². The van der Waals surface area contributed by atoms with Crippen molar-refractivity contribution in [3.63, 3.8) is 0 Å². The van der Waals surface area contributed by atoms with Gasteiger partial charge < -0.3 is 11.1 Å². The van der Waals surface area contributed by atoms with Gasteiger partial charge in [-0.2, -0.15) is 0 Å². The van der Waals surface area contributed by atoms with Gasteiger partial charge >= 0.3 is 0 Å². The highest BCUT2D eigenvalue weighted by Gasteiger charge is 2.31. The highest BCUT2D eigenvalue weighted by Crippen LogP contribution is 2.32. The summed E-state index contributed by atoms with van der Waals surface area (Å²) in [4.78, 5) is 12.3. The first-order chi connectivity index (χ1) is 8.61. The molecule has 4 heteroatoms. The zero-order valence-corrected chi connectivity index (χ0v) is 12.7. The molecule has 1 aliphatic carbocycles. The topological polar surface area (TPSA) is 55.1 Å². The molecule has 0 aliphatic heterocycles. The number of halogens is 1. The van der Waals surface area contributed by atoms with Gasteiger partial charge in [-0.15, -0.1) is 0 Å². The van der Waals surface area contributed by atoms with Crippen LogP contribution in [0.5, 0.6) is 0 Å². The van der Waals surface area contributed by atoms with Crippen LogP contribution < -0.4 is 11.1 Å². The number of hydrogen-bond acceptors (Lipinski definition) is 2. The summed E-state index contributed by atoms with van der Waals surface area (Å²) in [5.41, 5.74) is 7.75. The number of amides is 1. The van der Waals surface area contributed by atoms with Crippen molar-refractivity contribution in [3.05, 3.63) is 27.3 Å². The minimum Gasteiger partial charge on any atom is -0.330 e. The van der Waals surface area contributed by atoms with Crippen LogP contribution in [-0.2, 0) is 4.79 Å². The lowest BCUT2D eigenvalue weighted by Crippen LogP contribution is -2.29. The van der Waals surface area contributed by atoms with E-state index in [-0.39, 0.29) is 11.8 Å². The summed E-state index contributed by atoms with van der Waals surface area (Å²) in [6, 6.07) is 6.06. The number of hydrogen-bond donors (Lipinski definition) is 2. The minimum absolute atomic E-state index is 0.0914. The van der Waals surface area contributed by atoms with Gasteiger partial charge in [0.2, 0.25) is 5.91 Å². The Labute approximate surface area is 122 Å². The van der Waals surface area contributed by atoms with Gasteiger partial charge in [-0.25, -0.2) is 0 Å². The van der Waals surface area contributed by atoms with Crippen LogP contribution in [0.2, 0.25) is 0 Å². The third kappa shape index (κ3) is 3.03. The fourth-order valence-corrected chi connectivity index (χ4v) is 3.30. The van der Waals surface area contributed by atoms with E-state index in [4.69, 9.17) is 5.73 Å². The summed E-state index contributed by atoms with van der Waals surface area (Å²) >= 11 is 2.27. The maximum Gasteiger partial charge on any atom is 0.227 e. The molecule has 0 saturated heterocycles. The van der Waals surface area contributed by atoms with Crippen LogP contribution in [0, 0.1) is 22.3 Å². The lowest BCUT2D eigenvalue weighted by Gasteiger charge is -2.18. The van der Waals surface area contributed by atoms with Gasteiger partial charge in [-0.1, -0.05) is 6.42 Å². The number of aryl methyl sites for hydroxylation is 1. The zero-order valence-electron chi connectivity index (χ0n) is 10.6. The van der Waals surface area contributed by atoms with E-state index < -0.39 is 0 Å². The Bertz CT molecular complexity index is 447. The Kier molecular flexibility index (Phi) is 4.61. The normalized spacial score (nSPS) is 23.1. The van der Waals surface area contributed by atoms with Crippen LogP contribution in [0.3, 0.4) is 0 Å². The lowest BCUT2D eigenvalue weighted by molar-refractivity contribution is -0.120. The largest absolute Gasteiger partial charge is 0.330 e. The van der Waals surface area contributed by atoms with E-state index >= 15 is 0 Å². The van der Waals surface area contributed by atoms with Gasteiger partial charge in [0, 0.05) is 15.2 Å². The second kappa shape index (κ2) is 6.02. The Morgan fingerprint density at radius 1 is 1.50 bits per heavy atom. The Morgan fingerprint density at radius 3 is 2.94 bits per heavy atom. The highest BCUT2D eigenvalue weighted by molar-refractivity contribution is 14.1. The number of rotatable bonds is 3. The number of carbonyl (C=O) groups is 1. The maximum atomic E-state index is 12.3. The number of nitrogens with two attached hydrogens (primary N) is 1. The molecule has 18 heavy (non-hydrogen) atoms. The van der Waals surface area contributed by atoms with Crippen LogP contribution >= 0.6 is 22.6 Å². The van der Waals surface area contributed by atoms with E-state index in [1.165, 1.54) is 3.57 Å². The van der Waals surface area contributed by atoms with Crippen LogP contribution in [0.1, 0.15) is 24.8 Å². The van der Waals surface area contributed by atoms with Crippen molar-refractivity contribution in [1.82, 2.24) is 0 Å². The van der Waals surface area contributed by atoms with Crippen molar-refractivity contribution >= 4 is 34.2 Å². The Hall–Kier alpha value is -0.620. The Morgan fingerprint density at radius 2 is 2.28 bits per heavy atom. The fourth-order valence-electron chi connectivity index (χ4n) is 2.66. The first-order valence-corrected chi connectivity index (χ1v) is 7.46. The second-order valence-corrected chi connectivity index (χ2v) is 6.23. The molecule has 1 fully saturated rings. The quantitative estimate of drug-likeness (QED) is 0.817. The van der Waals surface area contributed by atoms with Gasteiger partial charge in [0.05, 0.1) is 0 Å². The van der Waals surface area contributed by atoms with Gasteiger partial charge in [-0.3, -0.25) is 4.79 Å². The summed E-state index contributed by atoms with van der Waals surface area (Å²) in [5, 5.41) is 3.05. The molecule has 98 valence electrons. The van der Waals surface area contributed by atoms with Crippen LogP contribution in [-0.4, -0.2) is 12.5 Å². The third-order valence-electron chi connectivity index (χ3n) is 3.74. The molecule has 0 radical (unpaired) electrons. The predicted molar refractivity (Wildman–Crippen MR) is 82.4 cm³/mol. The number of carbonyl (C=O) groups excluding carboxylic acids is 1. The Balaban J connectivity index is 2.07. The first-order valence-electron chi connectivity index (χ1n) is 6.39. The summed E-state index contributed by atoms with van der Waals surface area (Å²) in [7, 11) is 0. The molecule has 0 aromatic heterocycles. The summed E-state index contributed by atoms with van der Waals surface area (Å²) in [5.74, 6) is 0.579. The van der Waals surface area contributed by atoms with Crippen molar-refractivity contribution in [2.75, 3.05) is 11.9 Å². The van der Waals surface area contributed by atoms with E-state index in [1.54, 1.807) is 0 Å². The summed E-state index contributed by atoms with van der Waals surface area (Å²) in [6.07, 6.45) is 3.17. The smallest absolute Gasteiger partial charge is 0.227 e. The first kappa shape index (κ1) is 13.8. The molecule has 1 saturated carbocycles. The molecule has 0 unspecified atom stereocenters. The van der Waals surface area contributed by atoms with E-state index in [9.17, 15) is 4.79 Å². The molecule has 0 heterocycles. The molecule has 0 bridgehead atoms. The van der Waals surface area contributed by atoms with E-state index in [1.807, 2.05) is 19.1 Å². The van der Waals surface area contributed by atoms with Crippen molar-refractivity contribution < 1.29 is 4.79 Å². The van der Waals surface area contributed by atoms with Crippen LogP contribution in [0.25, 0.3) is 0 Å². The molecule has 3 nitrogen and oxygen atoms in total. The lowest BCUT2D eigenvalue weighted by atomic mass is 9.95. The molecular formula is C14H19IN2O. The van der Waals surface area contributed by atoms with E-state index in [0.29, 0.717) is 12.5 Å². The minimum atomic E-state index is 0.0914. The SMILES string of the molecule is Cc1cc(I)ccc1NC(=O)[C@@H]1CCC[C@@H]1CN. The fraction of sp³-hybridized carbons (Fsp3) is 0.500. The van der Waals surface area contributed by atoms with Crippen molar-refractivity contribution in [3.8, 4) is 0 Å². The molecule has 2 rings (SSSR count). The standard InChI is InChI=1S/C14H19IN2O/c1-9-7-11(15)5-6-13(9)17-14(18)12-4-2-3-10(12)8-16/h5-7,10,12H,2-4,8,16H2,1H3,(H,17,18)/t10-,12-/m1/s1. The average Bonchev–Trinajstić information content (AvgIpc) is 2.81. The average molecular weight is 358 g/mol. The number of benzene rings is 1. The molecule has 3 N–H and O–H groups in total. The van der Waals surface area contributed by atoms with Gasteiger partial charge in [-0.05, 0) is 78.6 Å². The van der Waals surface area contributed by atoms with Crippen molar-refractivity contribution in [2.24, 2.45) is 17.6 Å². The number of anilines is 1. The molecular weight excluding hydrogens is 339 g/mol. The maximum absolute atomic E-state index is 12.3. The highest BCUT2D eigenvalue weighted by atomic mass is 127. The summed E-state index contributed by atoms with van der Waals surface area (Å²) < 4.78 is 1.18. The zero-order chi connectivity index (χ0) is 13.1. The molecule has 1 aromatic rings. The molecule has 1 amide bonds. The van der Waals surface area contributed by atoms with Gasteiger partial charge in [0.25, 0.3) is 0 Å². The molecule has 0 spiro atoms. The van der Waals surface area contributed by atoms with Crippen LogP contribution in [0.15, 0.2) is 18.2 Å². The third-order valence-corrected chi connectivity index (χ3v) is 4.42. The van der Waals surface area contributed by atoms with Crippen molar-refractivity contribution in [2.45, 2.75) is 26.2 Å².